The summed E-state index contributed by atoms with van der Waals surface area (Å²) in [7, 11) is 0. The predicted octanol–water partition coefficient (Wildman–Crippen LogP) is 2.69. The number of halogens is 1. The molecule has 2 rings (SSSR count). The van der Waals surface area contributed by atoms with Crippen molar-refractivity contribution in [2.45, 2.75) is 0 Å². The molecule has 0 fully saturated rings. The molecule has 0 aliphatic carbocycles. The second-order valence-corrected chi connectivity index (χ2v) is 3.61. The Morgan fingerprint density at radius 2 is 2.16 bits per heavy atom. The number of anilines is 2. The van der Waals surface area contributed by atoms with E-state index in [0.717, 1.165) is 6.07 Å². The van der Waals surface area contributed by atoms with Crippen molar-refractivity contribution >= 4 is 17.5 Å². The summed E-state index contributed by atoms with van der Waals surface area (Å²) >= 11 is 0. The maximum Gasteiger partial charge on any atom is 0.409 e. The van der Waals surface area contributed by atoms with Crippen LogP contribution in [0.4, 0.5) is 20.6 Å². The van der Waals surface area contributed by atoms with Gasteiger partial charge in [0.15, 0.2) is 11.6 Å². The minimum absolute atomic E-state index is 0.0618. The summed E-state index contributed by atoms with van der Waals surface area (Å²) in [5, 5.41) is 10.5. The zero-order chi connectivity index (χ0) is 13.8. The molecule has 0 unspecified atom stereocenters. The Morgan fingerprint density at radius 3 is 2.74 bits per heavy atom. The summed E-state index contributed by atoms with van der Waals surface area (Å²) in [6, 6.07) is 6.77. The van der Waals surface area contributed by atoms with E-state index in [9.17, 15) is 9.18 Å². The number of hydrogen-bond acceptors (Lipinski definition) is 4. The van der Waals surface area contributed by atoms with Gasteiger partial charge in [-0.25, -0.2) is 14.2 Å². The number of carboxylic acid groups (broad SMARTS) is 1. The molecule has 0 aliphatic heterocycles. The average molecular weight is 263 g/mol. The Bertz CT molecular complexity index is 602. The maximum absolute atomic E-state index is 13.7. The molecule has 0 aliphatic rings. The van der Waals surface area contributed by atoms with Crippen molar-refractivity contribution in [1.82, 2.24) is 4.98 Å². The molecule has 7 heteroatoms. The minimum atomic E-state index is -1.27. The SMILES string of the molecule is Nc1ccc(Oc2ccc(NC(=O)O)cc2F)nc1. The van der Waals surface area contributed by atoms with Gasteiger partial charge in [-0.05, 0) is 18.2 Å². The molecule has 1 aromatic heterocycles. The van der Waals surface area contributed by atoms with E-state index in [0.29, 0.717) is 5.69 Å². The number of rotatable bonds is 3. The highest BCUT2D eigenvalue weighted by Crippen LogP contribution is 2.25. The molecule has 1 aromatic carbocycles. The Kier molecular flexibility index (Phi) is 3.46. The number of ether oxygens (including phenoxy) is 1. The fourth-order valence-corrected chi connectivity index (χ4v) is 1.35. The molecule has 1 amide bonds. The van der Waals surface area contributed by atoms with Crippen LogP contribution in [0, 0.1) is 5.82 Å². The first-order valence-electron chi connectivity index (χ1n) is 5.23. The van der Waals surface area contributed by atoms with Crippen LogP contribution >= 0.6 is 0 Å². The van der Waals surface area contributed by atoms with Crippen LogP contribution in [0.2, 0.25) is 0 Å². The van der Waals surface area contributed by atoms with Crippen LogP contribution in [0.1, 0.15) is 0 Å². The Labute approximate surface area is 107 Å². The number of nitrogens with two attached hydrogens (primary N) is 1. The number of hydrogen-bond donors (Lipinski definition) is 3. The van der Waals surface area contributed by atoms with Gasteiger partial charge in [0.1, 0.15) is 0 Å². The molecule has 19 heavy (non-hydrogen) atoms. The molecule has 0 spiro atoms. The number of pyridine rings is 1. The van der Waals surface area contributed by atoms with Crippen LogP contribution in [0.15, 0.2) is 36.5 Å². The van der Waals surface area contributed by atoms with Gasteiger partial charge >= 0.3 is 6.09 Å². The number of nitrogens with zero attached hydrogens (tertiary/aromatic N) is 1. The van der Waals surface area contributed by atoms with Gasteiger partial charge in [-0.3, -0.25) is 5.32 Å². The van der Waals surface area contributed by atoms with Crippen LogP contribution in [0.3, 0.4) is 0 Å². The van der Waals surface area contributed by atoms with Crippen LogP contribution in [0.25, 0.3) is 0 Å². The lowest BCUT2D eigenvalue weighted by molar-refractivity contribution is 0.209. The zero-order valence-corrected chi connectivity index (χ0v) is 9.63. The van der Waals surface area contributed by atoms with Crippen molar-refractivity contribution in [3.8, 4) is 11.6 Å². The first-order chi connectivity index (χ1) is 9.04. The summed E-state index contributed by atoms with van der Waals surface area (Å²) in [6.07, 6.45) is 0.112. The molecular formula is C12H10FN3O3. The number of carbonyl (C=O) groups is 1. The number of nitrogens with one attached hydrogen (secondary N) is 1. The predicted molar refractivity (Wildman–Crippen MR) is 66.8 cm³/mol. The Morgan fingerprint density at radius 1 is 1.37 bits per heavy atom. The summed E-state index contributed by atoms with van der Waals surface area (Å²) in [4.78, 5) is 14.3. The van der Waals surface area contributed by atoms with Crippen molar-refractivity contribution in [2.24, 2.45) is 0 Å². The number of nitrogen functional groups attached to an aromatic ring is 1. The van der Waals surface area contributed by atoms with Crippen molar-refractivity contribution in [2.75, 3.05) is 11.1 Å². The van der Waals surface area contributed by atoms with Gasteiger partial charge in [-0.2, -0.15) is 0 Å². The minimum Gasteiger partial charge on any atom is -0.465 e. The summed E-state index contributed by atoms with van der Waals surface area (Å²) < 4.78 is 18.9. The molecule has 0 saturated carbocycles. The summed E-state index contributed by atoms with van der Waals surface area (Å²) in [5.41, 5.74) is 6.04. The van der Waals surface area contributed by atoms with Crippen molar-refractivity contribution < 1.29 is 19.0 Å². The van der Waals surface area contributed by atoms with Gasteiger partial charge in [0.25, 0.3) is 0 Å². The van der Waals surface area contributed by atoms with Gasteiger partial charge in [-0.15, -0.1) is 0 Å². The number of amides is 1. The molecule has 0 saturated heterocycles. The topological polar surface area (TPSA) is 97.5 Å². The van der Waals surface area contributed by atoms with Crippen molar-refractivity contribution in [3.63, 3.8) is 0 Å². The third-order valence-electron chi connectivity index (χ3n) is 2.16. The highest BCUT2D eigenvalue weighted by Gasteiger charge is 2.08. The fourth-order valence-electron chi connectivity index (χ4n) is 1.35. The smallest absolute Gasteiger partial charge is 0.409 e. The highest BCUT2D eigenvalue weighted by atomic mass is 19.1. The standard InChI is InChI=1S/C12H10FN3O3/c13-9-5-8(16-12(17)18)2-3-10(9)19-11-4-1-7(14)6-15-11/h1-6,16H,14H2,(H,17,18). The molecule has 4 N–H and O–H groups in total. The lowest BCUT2D eigenvalue weighted by atomic mass is 10.3. The molecular weight excluding hydrogens is 253 g/mol. The van der Waals surface area contributed by atoms with Gasteiger partial charge < -0.3 is 15.6 Å². The molecule has 0 atom stereocenters. The second-order valence-electron chi connectivity index (χ2n) is 3.61. The molecule has 0 radical (unpaired) electrons. The van der Waals surface area contributed by atoms with E-state index in [1.807, 2.05) is 5.32 Å². The van der Waals surface area contributed by atoms with Crippen LogP contribution in [-0.4, -0.2) is 16.2 Å². The van der Waals surface area contributed by atoms with E-state index < -0.39 is 11.9 Å². The third-order valence-corrected chi connectivity index (χ3v) is 2.16. The molecule has 0 bridgehead atoms. The first-order valence-corrected chi connectivity index (χ1v) is 5.23. The maximum atomic E-state index is 13.7. The molecule has 6 nitrogen and oxygen atoms in total. The zero-order valence-electron chi connectivity index (χ0n) is 9.63. The number of benzene rings is 1. The van der Waals surface area contributed by atoms with Gasteiger partial charge in [0.2, 0.25) is 5.88 Å². The van der Waals surface area contributed by atoms with E-state index in [-0.39, 0.29) is 17.3 Å². The monoisotopic (exact) mass is 263 g/mol. The average Bonchev–Trinajstić information content (AvgIpc) is 2.34. The van der Waals surface area contributed by atoms with E-state index in [1.165, 1.54) is 24.4 Å². The highest BCUT2D eigenvalue weighted by molar-refractivity contribution is 5.82. The van der Waals surface area contributed by atoms with E-state index >= 15 is 0 Å². The molecule has 2 aromatic rings. The van der Waals surface area contributed by atoms with Crippen molar-refractivity contribution in [3.05, 3.63) is 42.3 Å². The quantitative estimate of drug-likeness (QED) is 0.790. The largest absolute Gasteiger partial charge is 0.465 e. The van der Waals surface area contributed by atoms with E-state index in [4.69, 9.17) is 15.6 Å². The molecule has 1 heterocycles. The Balaban J connectivity index is 2.17. The van der Waals surface area contributed by atoms with E-state index in [2.05, 4.69) is 4.98 Å². The van der Waals surface area contributed by atoms with E-state index in [1.54, 1.807) is 6.07 Å². The first kappa shape index (κ1) is 12.6. The molecule has 98 valence electrons. The number of aromatic nitrogens is 1. The summed E-state index contributed by atoms with van der Waals surface area (Å²) in [5.74, 6) is -0.579. The fraction of sp³-hybridized carbons (Fsp3) is 0. The van der Waals surface area contributed by atoms with Gasteiger partial charge in [0, 0.05) is 17.8 Å². The summed E-state index contributed by atoms with van der Waals surface area (Å²) in [6.45, 7) is 0. The lowest BCUT2D eigenvalue weighted by Crippen LogP contribution is -2.07. The van der Waals surface area contributed by atoms with Crippen molar-refractivity contribution in [1.29, 1.82) is 0 Å². The van der Waals surface area contributed by atoms with Gasteiger partial charge in [-0.1, -0.05) is 0 Å². The third kappa shape index (κ3) is 3.32. The van der Waals surface area contributed by atoms with Crippen LogP contribution in [-0.2, 0) is 0 Å². The van der Waals surface area contributed by atoms with Crippen LogP contribution < -0.4 is 15.8 Å². The van der Waals surface area contributed by atoms with Crippen LogP contribution in [0.5, 0.6) is 11.6 Å². The van der Waals surface area contributed by atoms with Gasteiger partial charge in [0.05, 0.1) is 11.9 Å². The lowest BCUT2D eigenvalue weighted by Gasteiger charge is -2.07. The normalized spacial score (nSPS) is 9.95. The Hall–Kier alpha value is -2.83. The second kappa shape index (κ2) is 5.21.